The molecule has 0 bridgehead atoms. The zero-order chi connectivity index (χ0) is 19.2. The van der Waals surface area contributed by atoms with E-state index in [-0.39, 0.29) is 6.04 Å². The van der Waals surface area contributed by atoms with E-state index in [0.29, 0.717) is 6.54 Å². The van der Waals surface area contributed by atoms with E-state index >= 15 is 0 Å². The Morgan fingerprint density at radius 1 is 1.26 bits per heavy atom. The summed E-state index contributed by atoms with van der Waals surface area (Å²) in [6, 6.07) is 4.26. The molecule has 2 N–H and O–H groups in total. The van der Waals surface area contributed by atoms with Gasteiger partial charge in [0.2, 0.25) is 0 Å². The molecule has 27 heavy (non-hydrogen) atoms. The molecule has 3 heterocycles. The smallest absolute Gasteiger partial charge is 0.191 e. The molecule has 1 fully saturated rings. The van der Waals surface area contributed by atoms with Crippen LogP contribution in [0.5, 0.6) is 0 Å². The second-order valence-corrected chi connectivity index (χ2v) is 7.21. The zero-order valence-electron chi connectivity index (χ0n) is 17.0. The largest absolute Gasteiger partial charge is 0.468 e. The fourth-order valence-corrected chi connectivity index (χ4v) is 3.78. The van der Waals surface area contributed by atoms with Crippen LogP contribution in [0.1, 0.15) is 48.0 Å². The van der Waals surface area contributed by atoms with Gasteiger partial charge in [0.15, 0.2) is 5.96 Å². The van der Waals surface area contributed by atoms with E-state index < -0.39 is 0 Å². The Hall–Kier alpha value is -2.28. The van der Waals surface area contributed by atoms with Gasteiger partial charge >= 0.3 is 0 Å². The number of aryl methyl sites for hydroxylation is 2. The van der Waals surface area contributed by atoms with Crippen molar-refractivity contribution >= 4 is 5.96 Å². The molecule has 2 aromatic heterocycles. The first-order valence-corrected chi connectivity index (χ1v) is 9.81. The Labute approximate surface area is 161 Å². The predicted octanol–water partition coefficient (Wildman–Crippen LogP) is 2.52. The summed E-state index contributed by atoms with van der Waals surface area (Å²) in [7, 11) is 3.78. The van der Waals surface area contributed by atoms with Crippen LogP contribution in [-0.4, -0.2) is 47.3 Å². The Morgan fingerprint density at radius 2 is 2.04 bits per heavy atom. The number of aliphatic imine (C=N–C) groups is 1. The van der Waals surface area contributed by atoms with E-state index in [1.165, 1.54) is 30.5 Å². The number of nitrogens with one attached hydrogen (secondary N) is 2. The van der Waals surface area contributed by atoms with Gasteiger partial charge in [-0.15, -0.1) is 0 Å². The summed E-state index contributed by atoms with van der Waals surface area (Å²) in [5.74, 6) is 1.81. The average Bonchev–Trinajstić information content (AvgIpc) is 3.29. The highest BCUT2D eigenvalue weighted by atomic mass is 16.3. The third-order valence-corrected chi connectivity index (χ3v) is 5.48. The maximum Gasteiger partial charge on any atom is 0.191 e. The van der Waals surface area contributed by atoms with Gasteiger partial charge in [-0.2, -0.15) is 5.10 Å². The van der Waals surface area contributed by atoms with Crippen LogP contribution >= 0.6 is 0 Å². The molecule has 148 valence electrons. The summed E-state index contributed by atoms with van der Waals surface area (Å²) in [6.07, 6.45) is 5.59. The molecule has 7 heteroatoms. The van der Waals surface area contributed by atoms with Gasteiger partial charge in [0.1, 0.15) is 5.76 Å². The second-order valence-electron chi connectivity index (χ2n) is 7.21. The predicted molar refractivity (Wildman–Crippen MR) is 108 cm³/mol. The molecule has 1 aliphatic heterocycles. The lowest BCUT2D eigenvalue weighted by Gasteiger charge is -2.33. The number of hydrogen-bond donors (Lipinski definition) is 2. The lowest BCUT2D eigenvalue weighted by molar-refractivity contribution is 0.146. The number of aromatic nitrogens is 2. The highest BCUT2D eigenvalue weighted by Crippen LogP contribution is 2.24. The van der Waals surface area contributed by atoms with E-state index in [4.69, 9.17) is 4.42 Å². The molecule has 1 saturated heterocycles. The first-order valence-electron chi connectivity index (χ1n) is 9.81. The monoisotopic (exact) mass is 372 g/mol. The zero-order valence-corrected chi connectivity index (χ0v) is 17.0. The number of rotatable bonds is 6. The lowest BCUT2D eigenvalue weighted by Crippen LogP contribution is -2.44. The third kappa shape index (κ3) is 4.71. The van der Waals surface area contributed by atoms with Gasteiger partial charge in [-0.1, -0.05) is 6.42 Å². The minimum Gasteiger partial charge on any atom is -0.468 e. The van der Waals surface area contributed by atoms with Gasteiger partial charge in [0, 0.05) is 38.4 Å². The van der Waals surface area contributed by atoms with Gasteiger partial charge in [0.25, 0.3) is 0 Å². The van der Waals surface area contributed by atoms with Crippen molar-refractivity contribution in [3.8, 4) is 0 Å². The van der Waals surface area contributed by atoms with E-state index in [2.05, 4.69) is 38.6 Å². The maximum absolute atomic E-state index is 5.73. The molecule has 0 amide bonds. The quantitative estimate of drug-likeness (QED) is 0.602. The van der Waals surface area contributed by atoms with Crippen LogP contribution in [0.25, 0.3) is 0 Å². The molecule has 7 nitrogen and oxygen atoms in total. The summed E-state index contributed by atoms with van der Waals surface area (Å²) < 4.78 is 7.65. The molecule has 1 atom stereocenters. The molecule has 2 aromatic rings. The van der Waals surface area contributed by atoms with Crippen LogP contribution < -0.4 is 10.6 Å². The summed E-state index contributed by atoms with van der Waals surface area (Å²) in [5, 5.41) is 11.4. The molecule has 0 radical (unpaired) electrons. The molecule has 3 rings (SSSR count). The summed E-state index contributed by atoms with van der Waals surface area (Å²) in [4.78, 5) is 6.90. The van der Waals surface area contributed by atoms with Crippen molar-refractivity contribution in [1.29, 1.82) is 0 Å². The van der Waals surface area contributed by atoms with E-state index in [9.17, 15) is 0 Å². The highest BCUT2D eigenvalue weighted by molar-refractivity contribution is 5.79. The molecule has 1 aliphatic rings. The highest BCUT2D eigenvalue weighted by Gasteiger charge is 2.24. The minimum atomic E-state index is 0.223. The van der Waals surface area contributed by atoms with E-state index in [0.717, 1.165) is 37.0 Å². The Balaban J connectivity index is 1.61. The average molecular weight is 373 g/mol. The summed E-state index contributed by atoms with van der Waals surface area (Å²) in [6.45, 7) is 7.85. The van der Waals surface area contributed by atoms with Crippen LogP contribution in [0.3, 0.4) is 0 Å². The van der Waals surface area contributed by atoms with E-state index in [1.807, 2.05) is 24.7 Å². The van der Waals surface area contributed by atoms with E-state index in [1.54, 1.807) is 13.3 Å². The number of furan rings is 1. The van der Waals surface area contributed by atoms with Crippen LogP contribution in [0.2, 0.25) is 0 Å². The normalized spacial score (nSPS) is 17.1. The molecular weight excluding hydrogens is 340 g/mol. The first-order chi connectivity index (χ1) is 13.1. The van der Waals surface area contributed by atoms with Crippen LogP contribution in [0, 0.1) is 13.8 Å². The second kappa shape index (κ2) is 9.08. The van der Waals surface area contributed by atoms with Gasteiger partial charge in [-0.3, -0.25) is 14.6 Å². The molecular formula is C20H32N6O. The van der Waals surface area contributed by atoms with Crippen molar-refractivity contribution in [1.82, 2.24) is 25.3 Å². The van der Waals surface area contributed by atoms with Crippen LogP contribution in [0.4, 0.5) is 0 Å². The van der Waals surface area contributed by atoms with Gasteiger partial charge in [0.05, 0.1) is 18.0 Å². The van der Waals surface area contributed by atoms with Crippen LogP contribution in [0.15, 0.2) is 27.8 Å². The van der Waals surface area contributed by atoms with Crippen molar-refractivity contribution in [2.45, 2.75) is 45.7 Å². The number of likely N-dealkylation sites (tertiary alicyclic amines) is 1. The Morgan fingerprint density at radius 3 is 2.63 bits per heavy atom. The minimum absolute atomic E-state index is 0.223. The SMILES string of the molecule is CN=C(NCc1c(C)nn(C)c1C)NCC(c1ccco1)N1CCCCC1. The standard InChI is InChI=1S/C20H32N6O/c1-15-17(16(2)25(4)24-15)13-22-20(21-3)23-14-18(19-9-8-12-27-19)26-10-6-5-7-11-26/h8-9,12,18H,5-7,10-11,13-14H2,1-4H3,(H2,21,22,23). The maximum atomic E-state index is 5.73. The van der Waals surface area contributed by atoms with Crippen molar-refractivity contribution in [2.24, 2.45) is 12.0 Å². The van der Waals surface area contributed by atoms with Crippen molar-refractivity contribution in [3.05, 3.63) is 41.1 Å². The van der Waals surface area contributed by atoms with Crippen LogP contribution in [-0.2, 0) is 13.6 Å². The molecule has 0 aromatic carbocycles. The van der Waals surface area contributed by atoms with Gasteiger partial charge in [-0.05, 0) is 51.9 Å². The Kier molecular flexibility index (Phi) is 6.55. The number of guanidine groups is 1. The number of piperidine rings is 1. The Bertz CT molecular complexity index is 743. The molecule has 1 unspecified atom stereocenters. The third-order valence-electron chi connectivity index (χ3n) is 5.48. The fourth-order valence-electron chi connectivity index (χ4n) is 3.78. The van der Waals surface area contributed by atoms with Crippen molar-refractivity contribution < 1.29 is 4.42 Å². The molecule has 0 aliphatic carbocycles. The number of hydrogen-bond acceptors (Lipinski definition) is 4. The molecule has 0 spiro atoms. The number of nitrogens with zero attached hydrogens (tertiary/aromatic N) is 4. The lowest BCUT2D eigenvalue weighted by atomic mass is 10.1. The first kappa shape index (κ1) is 19.5. The van der Waals surface area contributed by atoms with Gasteiger partial charge < -0.3 is 15.1 Å². The van der Waals surface area contributed by atoms with Gasteiger partial charge in [-0.25, -0.2) is 0 Å². The summed E-state index contributed by atoms with van der Waals surface area (Å²) in [5.41, 5.74) is 3.45. The van der Waals surface area contributed by atoms with Crippen molar-refractivity contribution in [2.75, 3.05) is 26.7 Å². The molecule has 0 saturated carbocycles. The summed E-state index contributed by atoms with van der Waals surface area (Å²) >= 11 is 0. The topological polar surface area (TPSA) is 70.6 Å². The fraction of sp³-hybridized carbons (Fsp3) is 0.600. The van der Waals surface area contributed by atoms with Crippen molar-refractivity contribution in [3.63, 3.8) is 0 Å².